The second-order valence-corrected chi connectivity index (χ2v) is 4.21. The highest BCUT2D eigenvalue weighted by Gasteiger charge is 2.39. The Hall–Kier alpha value is -1.04. The molecule has 18 heavy (non-hydrogen) atoms. The first kappa shape index (κ1) is 15.0. The molecule has 0 atom stereocenters. The van der Waals surface area contributed by atoms with E-state index in [0.717, 1.165) is 18.8 Å². The smallest absolute Gasteiger partial charge is 0.252 e. The molecule has 1 aromatic heterocycles. The summed E-state index contributed by atoms with van der Waals surface area (Å²) in [5.74, 6) is 0.691. The lowest BCUT2D eigenvalue weighted by atomic mass is 9.91. The molecule has 5 nitrogen and oxygen atoms in total. The van der Waals surface area contributed by atoms with E-state index in [9.17, 15) is 4.79 Å². The van der Waals surface area contributed by atoms with Crippen LogP contribution >= 0.6 is 12.4 Å². The number of hydrogen-bond acceptors (Lipinski definition) is 4. The fourth-order valence-electron chi connectivity index (χ4n) is 2.10. The Morgan fingerprint density at radius 2 is 2.28 bits per heavy atom. The van der Waals surface area contributed by atoms with Crippen LogP contribution in [0.3, 0.4) is 0 Å². The third kappa shape index (κ3) is 3.25. The predicted molar refractivity (Wildman–Crippen MR) is 69.6 cm³/mol. The molecule has 2 heterocycles. The van der Waals surface area contributed by atoms with Crippen LogP contribution in [-0.2, 0) is 16.1 Å². The molecular formula is C12H19ClN2O3. The zero-order valence-electron chi connectivity index (χ0n) is 10.4. The molecule has 1 amide bonds. The maximum absolute atomic E-state index is 12.1. The number of hydrogen-bond donors (Lipinski definition) is 2. The normalized spacial score (nSPS) is 17.8. The number of amides is 1. The number of nitrogens with one attached hydrogen (secondary N) is 2. The fraction of sp³-hybridized carbons (Fsp3) is 0.583. The van der Waals surface area contributed by atoms with Gasteiger partial charge >= 0.3 is 0 Å². The molecule has 0 aliphatic carbocycles. The average Bonchev–Trinajstić information content (AvgIpc) is 2.90. The lowest BCUT2D eigenvalue weighted by molar-refractivity contribution is -0.147. The summed E-state index contributed by atoms with van der Waals surface area (Å²) < 4.78 is 10.6. The number of ether oxygens (including phenoxy) is 1. The van der Waals surface area contributed by atoms with Gasteiger partial charge in [-0.3, -0.25) is 4.79 Å². The standard InChI is InChI=1S/C12H18N2O3.ClH/c1-16-12(4-6-13-7-5-12)11(15)14-9-10-3-2-8-17-10;/h2-3,8,13H,4-7,9H2,1H3,(H,14,15);1H. The minimum Gasteiger partial charge on any atom is -0.467 e. The Balaban J connectivity index is 0.00000162. The van der Waals surface area contributed by atoms with Gasteiger partial charge in [-0.15, -0.1) is 12.4 Å². The van der Waals surface area contributed by atoms with Crippen molar-refractivity contribution in [1.29, 1.82) is 0 Å². The number of rotatable bonds is 4. The molecule has 0 unspecified atom stereocenters. The first-order valence-corrected chi connectivity index (χ1v) is 5.83. The molecule has 1 saturated heterocycles. The van der Waals surface area contributed by atoms with Crippen LogP contribution in [0.25, 0.3) is 0 Å². The van der Waals surface area contributed by atoms with Crippen molar-refractivity contribution in [2.75, 3.05) is 20.2 Å². The quantitative estimate of drug-likeness (QED) is 0.863. The summed E-state index contributed by atoms with van der Waals surface area (Å²) in [5, 5.41) is 6.08. The molecule has 1 aromatic rings. The van der Waals surface area contributed by atoms with Crippen molar-refractivity contribution in [3.05, 3.63) is 24.2 Å². The summed E-state index contributed by atoms with van der Waals surface area (Å²) >= 11 is 0. The first-order chi connectivity index (χ1) is 8.27. The number of furan rings is 1. The monoisotopic (exact) mass is 274 g/mol. The van der Waals surface area contributed by atoms with Crippen LogP contribution in [0, 0.1) is 0 Å². The summed E-state index contributed by atoms with van der Waals surface area (Å²) in [5.41, 5.74) is -0.683. The number of piperidine rings is 1. The minimum atomic E-state index is -0.683. The molecule has 0 saturated carbocycles. The molecule has 6 heteroatoms. The lowest BCUT2D eigenvalue weighted by Crippen LogP contribution is -2.53. The van der Waals surface area contributed by atoms with Gasteiger partial charge in [0.25, 0.3) is 5.91 Å². The highest BCUT2D eigenvalue weighted by molar-refractivity contribution is 5.85. The molecular weight excluding hydrogens is 256 g/mol. The summed E-state index contributed by atoms with van der Waals surface area (Å²) in [6, 6.07) is 3.64. The van der Waals surface area contributed by atoms with Crippen molar-refractivity contribution >= 4 is 18.3 Å². The van der Waals surface area contributed by atoms with Gasteiger partial charge in [0.05, 0.1) is 12.8 Å². The Kier molecular flexibility index (Phi) is 5.65. The van der Waals surface area contributed by atoms with Gasteiger partial charge in [-0.1, -0.05) is 0 Å². The SMILES string of the molecule is COC1(C(=O)NCc2ccco2)CCNCC1.Cl. The van der Waals surface area contributed by atoms with E-state index in [2.05, 4.69) is 10.6 Å². The Bertz CT molecular complexity index is 361. The van der Waals surface area contributed by atoms with Crippen molar-refractivity contribution in [3.8, 4) is 0 Å². The maximum atomic E-state index is 12.1. The van der Waals surface area contributed by atoms with Crippen molar-refractivity contribution < 1.29 is 13.9 Å². The summed E-state index contributed by atoms with van der Waals surface area (Å²) in [6.07, 6.45) is 3.00. The van der Waals surface area contributed by atoms with Gasteiger partial charge in [0, 0.05) is 7.11 Å². The van der Waals surface area contributed by atoms with E-state index in [4.69, 9.17) is 9.15 Å². The summed E-state index contributed by atoms with van der Waals surface area (Å²) in [7, 11) is 1.60. The van der Waals surface area contributed by atoms with Crippen molar-refractivity contribution in [2.24, 2.45) is 0 Å². The largest absolute Gasteiger partial charge is 0.467 e. The maximum Gasteiger partial charge on any atom is 0.252 e. The molecule has 1 fully saturated rings. The van der Waals surface area contributed by atoms with Crippen LogP contribution in [0.15, 0.2) is 22.8 Å². The van der Waals surface area contributed by atoms with E-state index in [0.29, 0.717) is 19.4 Å². The second kappa shape index (κ2) is 6.78. The van der Waals surface area contributed by atoms with Crippen molar-refractivity contribution in [1.82, 2.24) is 10.6 Å². The van der Waals surface area contributed by atoms with E-state index in [1.54, 1.807) is 19.4 Å². The fourth-order valence-corrected chi connectivity index (χ4v) is 2.10. The first-order valence-electron chi connectivity index (χ1n) is 5.83. The minimum absolute atomic E-state index is 0. The van der Waals surface area contributed by atoms with Crippen LogP contribution < -0.4 is 10.6 Å². The van der Waals surface area contributed by atoms with Gasteiger partial charge in [0.1, 0.15) is 11.4 Å². The van der Waals surface area contributed by atoms with Crippen molar-refractivity contribution in [3.63, 3.8) is 0 Å². The topological polar surface area (TPSA) is 63.5 Å². The van der Waals surface area contributed by atoms with Gasteiger partial charge < -0.3 is 19.8 Å². The van der Waals surface area contributed by atoms with Gasteiger partial charge in [0.15, 0.2) is 0 Å². The van der Waals surface area contributed by atoms with Gasteiger partial charge in [-0.05, 0) is 38.1 Å². The van der Waals surface area contributed by atoms with Crippen molar-refractivity contribution in [2.45, 2.75) is 25.0 Å². The molecule has 2 N–H and O–H groups in total. The number of carbonyl (C=O) groups is 1. The van der Waals surface area contributed by atoms with Crippen LogP contribution in [0.5, 0.6) is 0 Å². The van der Waals surface area contributed by atoms with Crippen LogP contribution in [0.4, 0.5) is 0 Å². The molecule has 1 aliphatic rings. The number of halogens is 1. The molecule has 2 rings (SSSR count). The predicted octanol–water partition coefficient (Wildman–Crippen LogP) is 1.09. The third-order valence-electron chi connectivity index (χ3n) is 3.22. The average molecular weight is 275 g/mol. The van der Waals surface area contributed by atoms with E-state index in [1.807, 2.05) is 6.07 Å². The lowest BCUT2D eigenvalue weighted by Gasteiger charge is -2.34. The Labute approximate surface area is 113 Å². The van der Waals surface area contributed by atoms with Crippen LogP contribution in [-0.4, -0.2) is 31.7 Å². The number of methoxy groups -OCH3 is 1. The Morgan fingerprint density at radius 1 is 1.56 bits per heavy atom. The zero-order chi connectivity index (χ0) is 12.1. The van der Waals surface area contributed by atoms with Gasteiger partial charge in [-0.25, -0.2) is 0 Å². The highest BCUT2D eigenvalue weighted by atomic mass is 35.5. The molecule has 1 aliphatic heterocycles. The number of carbonyl (C=O) groups excluding carboxylic acids is 1. The van der Waals surface area contributed by atoms with E-state index in [1.165, 1.54) is 0 Å². The van der Waals surface area contributed by atoms with E-state index in [-0.39, 0.29) is 18.3 Å². The third-order valence-corrected chi connectivity index (χ3v) is 3.22. The highest BCUT2D eigenvalue weighted by Crippen LogP contribution is 2.22. The van der Waals surface area contributed by atoms with E-state index >= 15 is 0 Å². The second-order valence-electron chi connectivity index (χ2n) is 4.21. The molecule has 0 aromatic carbocycles. The molecule has 0 radical (unpaired) electrons. The Morgan fingerprint density at radius 3 is 2.83 bits per heavy atom. The molecule has 102 valence electrons. The summed E-state index contributed by atoms with van der Waals surface area (Å²) in [4.78, 5) is 12.1. The van der Waals surface area contributed by atoms with Gasteiger partial charge in [-0.2, -0.15) is 0 Å². The molecule has 0 spiro atoms. The van der Waals surface area contributed by atoms with E-state index < -0.39 is 5.60 Å². The summed E-state index contributed by atoms with van der Waals surface area (Å²) in [6.45, 7) is 2.02. The van der Waals surface area contributed by atoms with Crippen LogP contribution in [0.1, 0.15) is 18.6 Å². The van der Waals surface area contributed by atoms with Gasteiger partial charge in [0.2, 0.25) is 0 Å². The van der Waals surface area contributed by atoms with Crippen LogP contribution in [0.2, 0.25) is 0 Å². The zero-order valence-corrected chi connectivity index (χ0v) is 11.2. The molecule has 0 bridgehead atoms.